The lowest BCUT2D eigenvalue weighted by atomic mass is 10.2. The van der Waals surface area contributed by atoms with Gasteiger partial charge >= 0.3 is 0 Å². The Morgan fingerprint density at radius 1 is 1.37 bits per heavy atom. The number of anilines is 1. The molecule has 0 radical (unpaired) electrons. The van der Waals surface area contributed by atoms with Crippen molar-refractivity contribution >= 4 is 11.6 Å². The van der Waals surface area contributed by atoms with Crippen molar-refractivity contribution in [2.75, 3.05) is 38.1 Å². The van der Waals surface area contributed by atoms with Gasteiger partial charge < -0.3 is 20.2 Å². The monoisotopic (exact) mass is 264 g/mol. The Morgan fingerprint density at radius 2 is 2.00 bits per heavy atom. The fourth-order valence-electron chi connectivity index (χ4n) is 2.60. The van der Waals surface area contributed by atoms with E-state index in [2.05, 4.69) is 10.2 Å². The third-order valence-corrected chi connectivity index (χ3v) is 3.88. The zero-order valence-corrected chi connectivity index (χ0v) is 11.5. The molecule has 0 saturated carbocycles. The molecule has 3 N–H and O–H groups in total. The van der Waals surface area contributed by atoms with Gasteiger partial charge in [-0.15, -0.1) is 0 Å². The molecule has 0 aliphatic carbocycles. The Kier molecular flexibility index (Phi) is 4.27. The van der Waals surface area contributed by atoms with Crippen LogP contribution in [-0.2, 0) is 4.79 Å². The Balaban J connectivity index is 1.96. The van der Waals surface area contributed by atoms with Crippen molar-refractivity contribution in [2.24, 2.45) is 0 Å². The summed E-state index contributed by atoms with van der Waals surface area (Å²) in [6, 6.07) is 7.39. The number of carbonyl (C=O) groups is 1. The number of amides is 1. The van der Waals surface area contributed by atoms with Crippen LogP contribution >= 0.6 is 0 Å². The molecule has 1 aliphatic rings. The summed E-state index contributed by atoms with van der Waals surface area (Å²) < 4.78 is 0. The highest BCUT2D eigenvalue weighted by Gasteiger charge is 2.29. The molecule has 0 bridgehead atoms. The van der Waals surface area contributed by atoms with Crippen LogP contribution in [0.3, 0.4) is 0 Å². The Bertz CT molecular complexity index is 442. The molecule has 2 rings (SSSR count). The van der Waals surface area contributed by atoms with E-state index in [0.717, 1.165) is 31.9 Å². The van der Waals surface area contributed by atoms with Gasteiger partial charge in [-0.1, -0.05) is 12.1 Å². The molecule has 1 fully saturated rings. The second-order valence-corrected chi connectivity index (χ2v) is 4.97. The molecule has 1 saturated heterocycles. The normalized spacial score (nSPS) is 18.1. The Morgan fingerprint density at radius 3 is 2.58 bits per heavy atom. The molecule has 0 spiro atoms. The van der Waals surface area contributed by atoms with Crippen molar-refractivity contribution in [1.29, 1.82) is 0 Å². The van der Waals surface area contributed by atoms with Gasteiger partial charge in [0.25, 0.3) is 5.91 Å². The van der Waals surface area contributed by atoms with E-state index in [1.807, 2.05) is 25.1 Å². The first kappa shape index (κ1) is 13.7. The maximum absolute atomic E-state index is 11.6. The van der Waals surface area contributed by atoms with Gasteiger partial charge in [-0.3, -0.25) is 4.79 Å². The maximum Gasteiger partial charge on any atom is 0.277 e. The average molecular weight is 264 g/mol. The fraction of sp³-hybridized carbons (Fsp3) is 0.500. The first-order valence-corrected chi connectivity index (χ1v) is 6.72. The smallest absolute Gasteiger partial charge is 0.277 e. The van der Waals surface area contributed by atoms with E-state index in [4.69, 9.17) is 0 Å². The van der Waals surface area contributed by atoms with Gasteiger partial charge in [0.05, 0.1) is 31.9 Å². The molecule has 1 atom stereocenters. The molecule has 19 heavy (non-hydrogen) atoms. The molecular formula is C14H22N3O2+. The topological polar surface area (TPSA) is 57.0 Å². The van der Waals surface area contributed by atoms with Crippen LogP contribution in [0.15, 0.2) is 24.3 Å². The highest BCUT2D eigenvalue weighted by Crippen LogP contribution is 2.25. The van der Waals surface area contributed by atoms with Gasteiger partial charge in [-0.05, 0) is 19.1 Å². The molecule has 1 amide bonds. The number of hydrogen-bond donors (Lipinski definition) is 3. The molecule has 104 valence electrons. The molecular weight excluding hydrogens is 242 g/mol. The minimum absolute atomic E-state index is 0.0171. The van der Waals surface area contributed by atoms with E-state index in [9.17, 15) is 9.90 Å². The van der Waals surface area contributed by atoms with E-state index in [-0.39, 0.29) is 11.9 Å². The van der Waals surface area contributed by atoms with Gasteiger partial charge in [-0.2, -0.15) is 0 Å². The number of phenols is 1. The van der Waals surface area contributed by atoms with Crippen LogP contribution < -0.4 is 15.1 Å². The number of likely N-dealkylation sites (N-methyl/N-ethyl adjacent to an activating group) is 1. The van der Waals surface area contributed by atoms with Crippen LogP contribution in [0.5, 0.6) is 5.75 Å². The second-order valence-electron chi connectivity index (χ2n) is 4.97. The lowest BCUT2D eigenvalue weighted by Gasteiger charge is -2.36. The van der Waals surface area contributed by atoms with Crippen molar-refractivity contribution < 1.29 is 14.8 Å². The van der Waals surface area contributed by atoms with Crippen LogP contribution in [0, 0.1) is 0 Å². The second kappa shape index (κ2) is 5.93. The first-order chi connectivity index (χ1) is 9.13. The summed E-state index contributed by atoms with van der Waals surface area (Å²) in [4.78, 5) is 15.1. The average Bonchev–Trinajstić information content (AvgIpc) is 2.46. The summed E-state index contributed by atoms with van der Waals surface area (Å²) in [6.07, 6.45) is 0. The van der Waals surface area contributed by atoms with E-state index >= 15 is 0 Å². The van der Waals surface area contributed by atoms with E-state index in [0.29, 0.717) is 5.75 Å². The number of nitrogens with one attached hydrogen (secondary N) is 2. The van der Waals surface area contributed by atoms with Crippen molar-refractivity contribution in [3.05, 3.63) is 24.3 Å². The number of phenolic OH excluding ortho intramolecular Hbond substituents is 1. The Labute approximate surface area is 113 Å². The van der Waals surface area contributed by atoms with Crippen molar-refractivity contribution in [1.82, 2.24) is 5.32 Å². The quantitative estimate of drug-likeness (QED) is 0.672. The van der Waals surface area contributed by atoms with Crippen LogP contribution in [0.1, 0.15) is 6.92 Å². The lowest BCUT2D eigenvalue weighted by molar-refractivity contribution is -0.914. The number of rotatable bonds is 3. The zero-order chi connectivity index (χ0) is 13.8. The molecule has 5 nitrogen and oxygen atoms in total. The summed E-state index contributed by atoms with van der Waals surface area (Å²) in [7, 11) is 1.68. The zero-order valence-electron chi connectivity index (χ0n) is 11.5. The van der Waals surface area contributed by atoms with E-state index in [1.54, 1.807) is 13.1 Å². The van der Waals surface area contributed by atoms with Crippen molar-refractivity contribution in [3.63, 3.8) is 0 Å². The molecule has 5 heteroatoms. The highest BCUT2D eigenvalue weighted by atomic mass is 16.3. The number of nitrogens with zero attached hydrogens (tertiary/aromatic N) is 1. The fourth-order valence-corrected chi connectivity index (χ4v) is 2.60. The molecule has 1 aromatic carbocycles. The first-order valence-electron chi connectivity index (χ1n) is 6.72. The van der Waals surface area contributed by atoms with Gasteiger partial charge in [-0.25, -0.2) is 0 Å². The van der Waals surface area contributed by atoms with Gasteiger partial charge in [0.15, 0.2) is 6.04 Å². The van der Waals surface area contributed by atoms with Crippen LogP contribution in [0.25, 0.3) is 0 Å². The molecule has 1 heterocycles. The molecule has 0 unspecified atom stereocenters. The molecule has 0 aromatic heterocycles. The summed E-state index contributed by atoms with van der Waals surface area (Å²) >= 11 is 0. The predicted octanol–water partition coefficient (Wildman–Crippen LogP) is -0.768. The van der Waals surface area contributed by atoms with Crippen molar-refractivity contribution in [3.8, 4) is 5.75 Å². The number of aromatic hydroxyl groups is 1. The third-order valence-electron chi connectivity index (χ3n) is 3.88. The lowest BCUT2D eigenvalue weighted by Crippen LogP contribution is -3.19. The molecule has 1 aromatic rings. The minimum atomic E-state index is -0.0171. The third kappa shape index (κ3) is 2.98. The van der Waals surface area contributed by atoms with Crippen LogP contribution in [0.2, 0.25) is 0 Å². The predicted molar refractivity (Wildman–Crippen MR) is 74.5 cm³/mol. The number of carbonyl (C=O) groups excluding carboxylic acids is 1. The van der Waals surface area contributed by atoms with E-state index in [1.165, 1.54) is 4.90 Å². The summed E-state index contributed by atoms with van der Waals surface area (Å²) in [5, 5.41) is 12.6. The number of piperazine rings is 1. The largest absolute Gasteiger partial charge is 0.506 e. The van der Waals surface area contributed by atoms with Gasteiger partial charge in [0.1, 0.15) is 5.75 Å². The number of hydrogen-bond acceptors (Lipinski definition) is 3. The summed E-state index contributed by atoms with van der Waals surface area (Å²) in [5.41, 5.74) is 0.883. The number of para-hydroxylation sites is 2. The summed E-state index contributed by atoms with van der Waals surface area (Å²) in [6.45, 7) is 5.48. The van der Waals surface area contributed by atoms with Crippen molar-refractivity contribution in [2.45, 2.75) is 13.0 Å². The highest BCUT2D eigenvalue weighted by molar-refractivity contribution is 5.79. The SMILES string of the molecule is CNC(=O)[C@H](C)[NH+]1CCN(c2ccccc2O)CC1. The maximum atomic E-state index is 11.6. The van der Waals surface area contributed by atoms with Gasteiger partial charge in [0.2, 0.25) is 0 Å². The van der Waals surface area contributed by atoms with Crippen LogP contribution in [-0.4, -0.2) is 50.3 Å². The van der Waals surface area contributed by atoms with Gasteiger partial charge in [0, 0.05) is 7.05 Å². The summed E-state index contributed by atoms with van der Waals surface area (Å²) in [5.74, 6) is 0.413. The van der Waals surface area contributed by atoms with Crippen LogP contribution in [0.4, 0.5) is 5.69 Å². The number of quaternary nitrogens is 1. The minimum Gasteiger partial charge on any atom is -0.506 e. The Hall–Kier alpha value is -1.75. The standard InChI is InChI=1S/C14H21N3O2/c1-11(14(19)15-2)16-7-9-17(10-8-16)12-5-3-4-6-13(12)18/h3-6,11,18H,7-10H2,1-2H3,(H,15,19)/p+1/t11-/m0/s1. The van der Waals surface area contributed by atoms with E-state index < -0.39 is 0 Å². The number of benzene rings is 1. The molecule has 1 aliphatic heterocycles.